The van der Waals surface area contributed by atoms with Crippen LogP contribution in [0, 0.1) is 5.92 Å². The lowest BCUT2D eigenvalue weighted by atomic mass is 9.79. The molecular weight excluding hydrogens is 232 g/mol. The summed E-state index contributed by atoms with van der Waals surface area (Å²) in [6.07, 6.45) is 7.09. The molecule has 0 aromatic carbocycles. The van der Waals surface area contributed by atoms with Gasteiger partial charge in [0.25, 0.3) is 0 Å². The van der Waals surface area contributed by atoms with Crippen LogP contribution in [0.25, 0.3) is 0 Å². The molecule has 3 N–H and O–H groups in total. The van der Waals surface area contributed by atoms with Gasteiger partial charge in [-0.3, -0.25) is 4.79 Å². The highest BCUT2D eigenvalue weighted by Gasteiger charge is 2.36. The molecule has 0 saturated heterocycles. The molecule has 2 fully saturated rings. The zero-order valence-electron chi connectivity index (χ0n) is 10.7. The first kappa shape index (κ1) is 13.2. The Kier molecular flexibility index (Phi) is 4.09. The molecule has 2 aliphatic carbocycles. The van der Waals surface area contributed by atoms with Gasteiger partial charge >= 0.3 is 12.0 Å². The van der Waals surface area contributed by atoms with Crippen molar-refractivity contribution in [2.75, 3.05) is 6.54 Å². The predicted molar refractivity (Wildman–Crippen MR) is 67.3 cm³/mol. The number of rotatable bonds is 5. The minimum Gasteiger partial charge on any atom is -0.481 e. The molecule has 0 unspecified atom stereocenters. The fourth-order valence-corrected chi connectivity index (χ4v) is 2.71. The third-order valence-corrected chi connectivity index (χ3v) is 3.93. The maximum Gasteiger partial charge on any atom is 0.315 e. The van der Waals surface area contributed by atoms with Crippen LogP contribution in [0.15, 0.2) is 0 Å². The number of hydrogen-bond acceptors (Lipinski definition) is 2. The van der Waals surface area contributed by atoms with Crippen molar-refractivity contribution in [2.24, 2.45) is 5.92 Å². The maximum atomic E-state index is 11.8. The lowest BCUT2D eigenvalue weighted by Crippen LogP contribution is -2.54. The Morgan fingerprint density at radius 2 is 1.83 bits per heavy atom. The Morgan fingerprint density at radius 1 is 1.17 bits per heavy atom. The summed E-state index contributed by atoms with van der Waals surface area (Å²) in [6, 6.07) is -0.204. The number of urea groups is 1. The Morgan fingerprint density at radius 3 is 2.39 bits per heavy atom. The van der Waals surface area contributed by atoms with Crippen LogP contribution in [0.2, 0.25) is 0 Å². The van der Waals surface area contributed by atoms with Gasteiger partial charge in [-0.25, -0.2) is 4.79 Å². The van der Waals surface area contributed by atoms with Gasteiger partial charge in [-0.1, -0.05) is 19.3 Å². The summed E-state index contributed by atoms with van der Waals surface area (Å²) in [4.78, 5) is 22.8. The van der Waals surface area contributed by atoms with Gasteiger partial charge in [0.15, 0.2) is 0 Å². The van der Waals surface area contributed by atoms with Crippen molar-refractivity contribution in [1.29, 1.82) is 0 Å². The Bertz CT molecular complexity index is 320. The minimum absolute atomic E-state index is 0.0316. The molecule has 5 heteroatoms. The standard InChI is InChI=1S/C13H22N2O3/c16-11(17)8-13(6-2-1-3-7-13)15-12(18)14-9-10-4-5-10/h10H,1-9H2,(H,16,17)(H2,14,15,18). The molecule has 18 heavy (non-hydrogen) atoms. The topological polar surface area (TPSA) is 78.4 Å². The smallest absolute Gasteiger partial charge is 0.315 e. The molecule has 2 rings (SSSR count). The third-order valence-electron chi connectivity index (χ3n) is 3.93. The minimum atomic E-state index is -0.834. The second kappa shape index (κ2) is 5.59. The Balaban J connectivity index is 1.86. The van der Waals surface area contributed by atoms with Crippen LogP contribution in [0.3, 0.4) is 0 Å². The Labute approximate surface area is 107 Å². The van der Waals surface area contributed by atoms with E-state index in [1.165, 1.54) is 12.8 Å². The molecule has 5 nitrogen and oxygen atoms in total. The highest BCUT2D eigenvalue weighted by atomic mass is 16.4. The molecule has 0 aromatic heterocycles. The van der Waals surface area contributed by atoms with Crippen molar-refractivity contribution < 1.29 is 14.7 Å². The molecule has 2 saturated carbocycles. The van der Waals surface area contributed by atoms with Gasteiger partial charge in [0.2, 0.25) is 0 Å². The van der Waals surface area contributed by atoms with Crippen molar-refractivity contribution in [1.82, 2.24) is 10.6 Å². The van der Waals surface area contributed by atoms with Crippen LogP contribution in [0.1, 0.15) is 51.4 Å². The van der Waals surface area contributed by atoms with Crippen molar-refractivity contribution in [3.05, 3.63) is 0 Å². The van der Waals surface area contributed by atoms with E-state index < -0.39 is 11.5 Å². The summed E-state index contributed by atoms with van der Waals surface area (Å²) in [5.74, 6) is -0.197. The first-order valence-electron chi connectivity index (χ1n) is 6.87. The van der Waals surface area contributed by atoms with Crippen molar-refractivity contribution in [2.45, 2.75) is 56.9 Å². The predicted octanol–water partition coefficient (Wildman–Crippen LogP) is 1.87. The van der Waals surface area contributed by atoms with E-state index in [9.17, 15) is 9.59 Å². The quantitative estimate of drug-likeness (QED) is 0.701. The third kappa shape index (κ3) is 3.89. The fourth-order valence-electron chi connectivity index (χ4n) is 2.71. The molecule has 2 aliphatic rings. The first-order chi connectivity index (χ1) is 8.60. The maximum absolute atomic E-state index is 11.8. The van der Waals surface area contributed by atoms with Gasteiger partial charge in [0, 0.05) is 6.54 Å². The first-order valence-corrected chi connectivity index (χ1v) is 6.87. The van der Waals surface area contributed by atoms with Crippen LogP contribution in [0.5, 0.6) is 0 Å². The zero-order chi connectivity index (χ0) is 13.0. The molecule has 0 radical (unpaired) electrons. The van der Waals surface area contributed by atoms with E-state index in [0.717, 1.165) is 38.6 Å². The van der Waals surface area contributed by atoms with E-state index in [0.29, 0.717) is 5.92 Å². The SMILES string of the molecule is O=C(O)CC1(NC(=O)NCC2CC2)CCCCC1. The van der Waals surface area contributed by atoms with Crippen LogP contribution < -0.4 is 10.6 Å². The highest BCUT2D eigenvalue weighted by molar-refractivity contribution is 5.76. The van der Waals surface area contributed by atoms with Crippen LogP contribution in [-0.2, 0) is 4.79 Å². The van der Waals surface area contributed by atoms with Gasteiger partial charge in [-0.05, 0) is 31.6 Å². The van der Waals surface area contributed by atoms with E-state index in [1.54, 1.807) is 0 Å². The molecule has 0 bridgehead atoms. The van der Waals surface area contributed by atoms with E-state index in [2.05, 4.69) is 10.6 Å². The van der Waals surface area contributed by atoms with Gasteiger partial charge < -0.3 is 15.7 Å². The molecular formula is C13H22N2O3. The van der Waals surface area contributed by atoms with E-state index in [-0.39, 0.29) is 12.5 Å². The summed E-state index contributed by atoms with van der Waals surface area (Å²) in [6.45, 7) is 0.717. The summed E-state index contributed by atoms with van der Waals surface area (Å²) in [7, 11) is 0. The van der Waals surface area contributed by atoms with Gasteiger partial charge in [0.05, 0.1) is 12.0 Å². The zero-order valence-corrected chi connectivity index (χ0v) is 10.7. The van der Waals surface area contributed by atoms with Crippen LogP contribution >= 0.6 is 0 Å². The summed E-state index contributed by atoms with van der Waals surface area (Å²) >= 11 is 0. The normalized spacial score (nSPS) is 22.2. The molecule has 2 amide bonds. The average Bonchev–Trinajstić information content (AvgIpc) is 3.10. The Hall–Kier alpha value is -1.26. The second-order valence-electron chi connectivity index (χ2n) is 5.69. The number of carbonyl (C=O) groups excluding carboxylic acids is 1. The number of carbonyl (C=O) groups is 2. The van der Waals surface area contributed by atoms with E-state index >= 15 is 0 Å². The molecule has 0 heterocycles. The number of carboxylic acids is 1. The number of aliphatic carboxylic acids is 1. The number of hydrogen-bond donors (Lipinski definition) is 3. The number of nitrogens with one attached hydrogen (secondary N) is 2. The second-order valence-corrected chi connectivity index (χ2v) is 5.69. The number of carboxylic acid groups (broad SMARTS) is 1. The summed E-state index contributed by atoms with van der Waals surface area (Å²) in [5.41, 5.74) is -0.530. The summed E-state index contributed by atoms with van der Waals surface area (Å²) in [5, 5.41) is 14.8. The fraction of sp³-hybridized carbons (Fsp3) is 0.846. The lowest BCUT2D eigenvalue weighted by molar-refractivity contribution is -0.139. The van der Waals surface area contributed by atoms with Crippen molar-refractivity contribution >= 4 is 12.0 Å². The van der Waals surface area contributed by atoms with Crippen molar-refractivity contribution in [3.63, 3.8) is 0 Å². The average molecular weight is 254 g/mol. The van der Waals surface area contributed by atoms with Gasteiger partial charge in [-0.15, -0.1) is 0 Å². The van der Waals surface area contributed by atoms with Gasteiger partial charge in [0.1, 0.15) is 0 Å². The van der Waals surface area contributed by atoms with Crippen molar-refractivity contribution in [3.8, 4) is 0 Å². The molecule has 0 aliphatic heterocycles. The van der Waals surface area contributed by atoms with Crippen LogP contribution in [-0.4, -0.2) is 29.2 Å². The number of amides is 2. The summed E-state index contributed by atoms with van der Waals surface area (Å²) < 4.78 is 0. The largest absolute Gasteiger partial charge is 0.481 e. The highest BCUT2D eigenvalue weighted by Crippen LogP contribution is 2.31. The van der Waals surface area contributed by atoms with E-state index in [4.69, 9.17) is 5.11 Å². The van der Waals surface area contributed by atoms with E-state index in [1.807, 2.05) is 0 Å². The van der Waals surface area contributed by atoms with Gasteiger partial charge in [-0.2, -0.15) is 0 Å². The molecule has 0 atom stereocenters. The molecule has 0 spiro atoms. The lowest BCUT2D eigenvalue weighted by Gasteiger charge is -2.36. The molecule has 102 valence electrons. The molecule has 0 aromatic rings. The van der Waals surface area contributed by atoms with Crippen LogP contribution in [0.4, 0.5) is 4.79 Å². The monoisotopic (exact) mass is 254 g/mol.